The fourth-order valence-electron chi connectivity index (χ4n) is 2.01. The maximum atomic E-state index is 11.8. The second-order valence-corrected chi connectivity index (χ2v) is 7.61. The van der Waals surface area contributed by atoms with Crippen LogP contribution in [0.1, 0.15) is 67.2 Å². The summed E-state index contributed by atoms with van der Waals surface area (Å²) in [5.74, 6) is -0.910. The highest BCUT2D eigenvalue weighted by Gasteiger charge is 2.20. The van der Waals surface area contributed by atoms with Crippen molar-refractivity contribution in [3.05, 3.63) is 0 Å². The Labute approximate surface area is 157 Å². The summed E-state index contributed by atoms with van der Waals surface area (Å²) >= 11 is 0. The van der Waals surface area contributed by atoms with E-state index < -0.39 is 11.9 Å². The largest absolute Gasteiger partial charge is 0.465 e. The van der Waals surface area contributed by atoms with Crippen molar-refractivity contribution in [2.24, 2.45) is 23.7 Å². The van der Waals surface area contributed by atoms with Gasteiger partial charge in [-0.25, -0.2) is 0 Å². The molecule has 0 aromatic rings. The maximum absolute atomic E-state index is 11.8. The van der Waals surface area contributed by atoms with Crippen molar-refractivity contribution >= 4 is 23.5 Å². The van der Waals surface area contributed by atoms with E-state index >= 15 is 0 Å². The topological polar surface area (TPSA) is 86.7 Å². The molecule has 0 unspecified atom stereocenters. The van der Waals surface area contributed by atoms with E-state index in [2.05, 4.69) is 0 Å². The first kappa shape index (κ1) is 24.3. The van der Waals surface area contributed by atoms with Gasteiger partial charge in [-0.1, -0.05) is 41.5 Å². The molecule has 6 heteroatoms. The molecule has 0 saturated carbocycles. The van der Waals surface area contributed by atoms with Crippen LogP contribution in [-0.2, 0) is 28.7 Å². The van der Waals surface area contributed by atoms with Gasteiger partial charge in [0.1, 0.15) is 11.6 Å². The average Bonchev–Trinajstić information content (AvgIpc) is 2.56. The minimum atomic E-state index is -0.418. The van der Waals surface area contributed by atoms with E-state index in [0.717, 1.165) is 0 Å². The Balaban J connectivity index is 4.20. The van der Waals surface area contributed by atoms with Crippen molar-refractivity contribution in [1.29, 1.82) is 0 Å². The zero-order valence-corrected chi connectivity index (χ0v) is 17.0. The molecule has 6 nitrogen and oxygen atoms in total. The summed E-state index contributed by atoms with van der Waals surface area (Å²) in [5.41, 5.74) is 0. The molecule has 0 aromatic heterocycles. The second kappa shape index (κ2) is 12.6. The smallest absolute Gasteiger partial charge is 0.306 e. The third kappa shape index (κ3) is 11.0. The summed E-state index contributed by atoms with van der Waals surface area (Å²) in [6.45, 7) is 11.4. The minimum Gasteiger partial charge on any atom is -0.465 e. The van der Waals surface area contributed by atoms with E-state index in [-0.39, 0.29) is 74.1 Å². The predicted molar refractivity (Wildman–Crippen MR) is 98.4 cm³/mol. The van der Waals surface area contributed by atoms with Gasteiger partial charge in [0.25, 0.3) is 0 Å². The molecule has 0 spiro atoms. The van der Waals surface area contributed by atoms with Crippen LogP contribution in [0.25, 0.3) is 0 Å². The average molecular weight is 370 g/mol. The maximum Gasteiger partial charge on any atom is 0.306 e. The standard InChI is InChI=1S/C20H34O6/c1-13(2)16(11-25-19(23)9-7-17(21)14(3)4)12-26-20(24)10-8-18(22)15(5)6/h13-16H,7-12H2,1-6H3. The van der Waals surface area contributed by atoms with Crippen LogP contribution >= 0.6 is 0 Å². The SMILES string of the molecule is CC(C)C(=O)CCC(=O)OCC(COC(=O)CCC(=O)C(C)C)C(C)C. The normalized spacial score (nSPS) is 11.3. The Morgan fingerprint density at radius 3 is 1.23 bits per heavy atom. The first-order valence-electron chi connectivity index (χ1n) is 9.41. The molecule has 0 aliphatic carbocycles. The summed E-state index contributed by atoms with van der Waals surface area (Å²) in [5, 5.41) is 0. The van der Waals surface area contributed by atoms with Crippen molar-refractivity contribution in [3.63, 3.8) is 0 Å². The highest BCUT2D eigenvalue weighted by molar-refractivity contribution is 5.84. The first-order valence-corrected chi connectivity index (χ1v) is 9.41. The van der Waals surface area contributed by atoms with Crippen LogP contribution in [0.4, 0.5) is 0 Å². The molecule has 0 saturated heterocycles. The van der Waals surface area contributed by atoms with Gasteiger partial charge in [0.2, 0.25) is 0 Å². The number of hydrogen-bond acceptors (Lipinski definition) is 6. The molecule has 0 aliphatic heterocycles. The van der Waals surface area contributed by atoms with E-state index in [4.69, 9.17) is 9.47 Å². The molecule has 0 atom stereocenters. The van der Waals surface area contributed by atoms with E-state index in [9.17, 15) is 19.2 Å². The Kier molecular flexibility index (Phi) is 11.8. The molecule has 0 bridgehead atoms. The van der Waals surface area contributed by atoms with Crippen LogP contribution < -0.4 is 0 Å². The van der Waals surface area contributed by atoms with Gasteiger partial charge in [0, 0.05) is 30.6 Å². The lowest BCUT2D eigenvalue weighted by atomic mass is 9.98. The van der Waals surface area contributed by atoms with E-state index in [1.54, 1.807) is 27.7 Å². The third-order valence-electron chi connectivity index (χ3n) is 4.30. The lowest BCUT2D eigenvalue weighted by molar-refractivity contribution is -0.151. The molecular formula is C20H34O6. The van der Waals surface area contributed by atoms with Gasteiger partial charge in [0.15, 0.2) is 0 Å². The van der Waals surface area contributed by atoms with Crippen molar-refractivity contribution < 1.29 is 28.7 Å². The van der Waals surface area contributed by atoms with Gasteiger partial charge in [-0.2, -0.15) is 0 Å². The van der Waals surface area contributed by atoms with Crippen LogP contribution in [-0.4, -0.2) is 36.7 Å². The number of esters is 2. The molecule has 0 aromatic carbocycles. The number of hydrogen-bond donors (Lipinski definition) is 0. The predicted octanol–water partition coefficient (Wildman–Crippen LogP) is 3.36. The zero-order chi connectivity index (χ0) is 20.3. The van der Waals surface area contributed by atoms with Crippen LogP contribution in [0.3, 0.4) is 0 Å². The first-order chi connectivity index (χ1) is 12.0. The quantitative estimate of drug-likeness (QED) is 0.462. The Bertz CT molecular complexity index is 439. The molecule has 0 amide bonds. The number of ketones is 2. The second-order valence-electron chi connectivity index (χ2n) is 7.61. The van der Waals surface area contributed by atoms with E-state index in [0.29, 0.717) is 0 Å². The molecule has 0 radical (unpaired) electrons. The Morgan fingerprint density at radius 2 is 0.962 bits per heavy atom. The summed E-state index contributed by atoms with van der Waals surface area (Å²) < 4.78 is 10.4. The lowest BCUT2D eigenvalue weighted by Crippen LogP contribution is -2.25. The highest BCUT2D eigenvalue weighted by Crippen LogP contribution is 2.14. The fraction of sp³-hybridized carbons (Fsp3) is 0.800. The molecule has 0 aliphatic rings. The van der Waals surface area contributed by atoms with Gasteiger partial charge in [-0.3, -0.25) is 19.2 Å². The van der Waals surface area contributed by atoms with Crippen LogP contribution in [0.2, 0.25) is 0 Å². The van der Waals surface area contributed by atoms with E-state index in [1.165, 1.54) is 0 Å². The summed E-state index contributed by atoms with van der Waals surface area (Å²) in [6, 6.07) is 0. The lowest BCUT2D eigenvalue weighted by Gasteiger charge is -2.20. The van der Waals surface area contributed by atoms with Gasteiger partial charge >= 0.3 is 11.9 Å². The van der Waals surface area contributed by atoms with Crippen molar-refractivity contribution in [3.8, 4) is 0 Å². The summed E-state index contributed by atoms with van der Waals surface area (Å²) in [7, 11) is 0. The summed E-state index contributed by atoms with van der Waals surface area (Å²) in [4.78, 5) is 46.6. The molecule has 0 rings (SSSR count). The monoisotopic (exact) mass is 370 g/mol. The van der Waals surface area contributed by atoms with Gasteiger partial charge in [0.05, 0.1) is 26.1 Å². The number of carbonyl (C=O) groups excluding carboxylic acids is 4. The number of Topliss-reactive ketones (excluding diaryl/α,β-unsaturated/α-hetero) is 2. The number of rotatable bonds is 13. The van der Waals surface area contributed by atoms with Gasteiger partial charge < -0.3 is 9.47 Å². The zero-order valence-electron chi connectivity index (χ0n) is 17.0. The molecule has 0 N–H and O–H groups in total. The van der Waals surface area contributed by atoms with Crippen molar-refractivity contribution in [2.45, 2.75) is 67.2 Å². The molecule has 0 heterocycles. The molecular weight excluding hydrogens is 336 g/mol. The minimum absolute atomic E-state index is 0.0345. The molecule has 150 valence electrons. The van der Waals surface area contributed by atoms with Crippen LogP contribution in [0.15, 0.2) is 0 Å². The van der Waals surface area contributed by atoms with E-state index in [1.807, 2.05) is 13.8 Å². The molecule has 26 heavy (non-hydrogen) atoms. The number of carbonyl (C=O) groups is 4. The number of ether oxygens (including phenoxy) is 2. The summed E-state index contributed by atoms with van der Waals surface area (Å²) in [6.07, 6.45) is 0.501. The Morgan fingerprint density at radius 1 is 0.615 bits per heavy atom. The molecule has 0 fully saturated rings. The Hall–Kier alpha value is -1.72. The van der Waals surface area contributed by atoms with Crippen LogP contribution in [0, 0.1) is 23.7 Å². The third-order valence-corrected chi connectivity index (χ3v) is 4.30. The van der Waals surface area contributed by atoms with Crippen LogP contribution in [0.5, 0.6) is 0 Å². The van der Waals surface area contributed by atoms with Gasteiger partial charge in [-0.05, 0) is 5.92 Å². The van der Waals surface area contributed by atoms with Gasteiger partial charge in [-0.15, -0.1) is 0 Å². The van der Waals surface area contributed by atoms with Crippen molar-refractivity contribution in [2.75, 3.05) is 13.2 Å². The fourth-order valence-corrected chi connectivity index (χ4v) is 2.01. The van der Waals surface area contributed by atoms with Crippen molar-refractivity contribution in [1.82, 2.24) is 0 Å². The highest BCUT2D eigenvalue weighted by atomic mass is 16.5.